The van der Waals surface area contributed by atoms with Crippen LogP contribution in [0.15, 0.2) is 36.5 Å². The molecule has 0 fully saturated rings. The molecular formula is C19H21N5O. The zero-order chi connectivity index (χ0) is 18.2. The summed E-state index contributed by atoms with van der Waals surface area (Å²) in [4.78, 5) is 17.1. The third-order valence-corrected chi connectivity index (χ3v) is 4.09. The van der Waals surface area contributed by atoms with Crippen molar-refractivity contribution < 1.29 is 4.79 Å². The van der Waals surface area contributed by atoms with E-state index in [2.05, 4.69) is 16.4 Å². The number of benzene rings is 1. The molecule has 6 nitrogen and oxygen atoms in total. The molecule has 0 aliphatic heterocycles. The highest BCUT2D eigenvalue weighted by Gasteiger charge is 2.20. The summed E-state index contributed by atoms with van der Waals surface area (Å²) < 4.78 is 3.79. The Kier molecular flexibility index (Phi) is 4.09. The van der Waals surface area contributed by atoms with Gasteiger partial charge in [-0.2, -0.15) is 5.26 Å². The van der Waals surface area contributed by atoms with E-state index in [1.165, 1.54) is 0 Å². The van der Waals surface area contributed by atoms with Crippen LogP contribution in [0.4, 0.5) is 5.82 Å². The van der Waals surface area contributed by atoms with Gasteiger partial charge >= 0.3 is 0 Å². The molecule has 0 saturated heterocycles. The average molecular weight is 335 g/mol. The molecule has 2 heterocycles. The number of fused-ring (bicyclic) bond motifs is 1. The third kappa shape index (κ3) is 3.26. The first-order valence-electron chi connectivity index (χ1n) is 8.14. The number of anilines is 1. The zero-order valence-electron chi connectivity index (χ0n) is 14.9. The van der Waals surface area contributed by atoms with Crippen LogP contribution in [-0.4, -0.2) is 20.0 Å². The molecule has 6 heteroatoms. The number of nitrogens with one attached hydrogen (secondary N) is 1. The minimum Gasteiger partial charge on any atom is -0.328 e. The standard InChI is InChI=1S/C19H21N5O/c1-13-21-15-7-5-6-8-16(15)23(13)12-18(25)22-17-9-14(10-20)11-24(17)19(2,3)4/h5-9,11H,12H2,1-4H3,(H,22,25). The van der Waals surface area contributed by atoms with Gasteiger partial charge in [-0.3, -0.25) is 4.79 Å². The monoisotopic (exact) mass is 335 g/mol. The number of carbonyl (C=O) groups excluding carboxylic acids is 1. The molecule has 1 N–H and O–H groups in total. The van der Waals surface area contributed by atoms with E-state index in [1.807, 2.05) is 61.1 Å². The first-order chi connectivity index (χ1) is 11.8. The summed E-state index contributed by atoms with van der Waals surface area (Å²) in [5.74, 6) is 1.26. The lowest BCUT2D eigenvalue weighted by atomic mass is 10.1. The Bertz CT molecular complexity index is 982. The SMILES string of the molecule is Cc1nc2ccccc2n1CC(=O)Nc1cc(C#N)cn1C(C)(C)C. The van der Waals surface area contributed by atoms with Crippen LogP contribution in [0.2, 0.25) is 0 Å². The topological polar surface area (TPSA) is 75.6 Å². The number of nitrogens with zero attached hydrogens (tertiary/aromatic N) is 4. The van der Waals surface area contributed by atoms with Gasteiger partial charge in [-0.25, -0.2) is 4.98 Å². The number of rotatable bonds is 3. The Hall–Kier alpha value is -3.07. The predicted octanol–water partition coefficient (Wildman–Crippen LogP) is 3.41. The molecule has 3 aromatic rings. The van der Waals surface area contributed by atoms with Crippen molar-refractivity contribution in [2.75, 3.05) is 5.32 Å². The average Bonchev–Trinajstić information content (AvgIpc) is 3.09. The van der Waals surface area contributed by atoms with Crippen LogP contribution >= 0.6 is 0 Å². The third-order valence-electron chi connectivity index (χ3n) is 4.09. The van der Waals surface area contributed by atoms with E-state index >= 15 is 0 Å². The van der Waals surface area contributed by atoms with Crippen molar-refractivity contribution in [2.24, 2.45) is 0 Å². The zero-order valence-corrected chi connectivity index (χ0v) is 14.9. The highest BCUT2D eigenvalue weighted by Crippen LogP contribution is 2.24. The molecular weight excluding hydrogens is 314 g/mol. The number of aryl methyl sites for hydroxylation is 1. The van der Waals surface area contributed by atoms with Crippen molar-refractivity contribution in [2.45, 2.75) is 39.8 Å². The van der Waals surface area contributed by atoms with Crippen LogP contribution in [-0.2, 0) is 16.9 Å². The van der Waals surface area contributed by atoms with E-state index in [0.29, 0.717) is 11.4 Å². The molecule has 0 unspecified atom stereocenters. The molecule has 3 rings (SSSR count). The van der Waals surface area contributed by atoms with E-state index in [-0.39, 0.29) is 18.0 Å². The summed E-state index contributed by atoms with van der Waals surface area (Å²) in [5.41, 5.74) is 2.08. The number of amides is 1. The Morgan fingerprint density at radius 3 is 2.72 bits per heavy atom. The summed E-state index contributed by atoms with van der Waals surface area (Å²) >= 11 is 0. The Morgan fingerprint density at radius 1 is 1.32 bits per heavy atom. The van der Waals surface area contributed by atoms with E-state index in [1.54, 1.807) is 12.3 Å². The maximum absolute atomic E-state index is 12.6. The number of carbonyl (C=O) groups is 1. The van der Waals surface area contributed by atoms with Crippen molar-refractivity contribution in [3.63, 3.8) is 0 Å². The van der Waals surface area contributed by atoms with Gasteiger partial charge in [-0.05, 0) is 45.9 Å². The van der Waals surface area contributed by atoms with E-state index < -0.39 is 0 Å². The molecule has 0 spiro atoms. The Morgan fingerprint density at radius 2 is 2.04 bits per heavy atom. The smallest absolute Gasteiger partial charge is 0.245 e. The summed E-state index contributed by atoms with van der Waals surface area (Å²) in [6.07, 6.45) is 1.76. The highest BCUT2D eigenvalue weighted by atomic mass is 16.2. The predicted molar refractivity (Wildman–Crippen MR) is 97.2 cm³/mol. The molecule has 0 radical (unpaired) electrons. The highest BCUT2D eigenvalue weighted by molar-refractivity contribution is 5.91. The molecule has 1 amide bonds. The molecule has 128 valence electrons. The van der Waals surface area contributed by atoms with E-state index in [9.17, 15) is 4.79 Å². The van der Waals surface area contributed by atoms with E-state index in [0.717, 1.165) is 16.9 Å². The largest absolute Gasteiger partial charge is 0.328 e. The summed E-state index contributed by atoms with van der Waals surface area (Å²) in [7, 11) is 0. The quantitative estimate of drug-likeness (QED) is 0.797. The minimum absolute atomic E-state index is 0.153. The van der Waals surface area contributed by atoms with Crippen molar-refractivity contribution in [1.29, 1.82) is 5.26 Å². The number of hydrogen-bond acceptors (Lipinski definition) is 3. The molecule has 0 aliphatic rings. The minimum atomic E-state index is -0.241. The van der Waals surface area contributed by atoms with Crippen LogP contribution in [0.3, 0.4) is 0 Å². The van der Waals surface area contributed by atoms with Crippen molar-refractivity contribution in [3.05, 3.63) is 47.9 Å². The van der Waals surface area contributed by atoms with Gasteiger partial charge in [0.05, 0.1) is 16.6 Å². The lowest BCUT2D eigenvalue weighted by molar-refractivity contribution is -0.116. The summed E-state index contributed by atoms with van der Waals surface area (Å²) in [5, 5.41) is 12.1. The maximum atomic E-state index is 12.6. The van der Waals surface area contributed by atoms with E-state index in [4.69, 9.17) is 5.26 Å². The van der Waals surface area contributed by atoms with Crippen molar-refractivity contribution in [1.82, 2.24) is 14.1 Å². The van der Waals surface area contributed by atoms with Gasteiger partial charge in [0.1, 0.15) is 24.3 Å². The van der Waals surface area contributed by atoms with Gasteiger partial charge < -0.3 is 14.5 Å². The van der Waals surface area contributed by atoms with Gasteiger partial charge in [0.25, 0.3) is 0 Å². The Labute approximate surface area is 146 Å². The fraction of sp³-hybridized carbons (Fsp3) is 0.316. The van der Waals surface area contributed by atoms with Crippen molar-refractivity contribution >= 4 is 22.8 Å². The summed E-state index contributed by atoms with van der Waals surface area (Å²) in [6.45, 7) is 8.13. The van der Waals surface area contributed by atoms with Gasteiger partial charge in [0, 0.05) is 11.7 Å². The number of hydrogen-bond donors (Lipinski definition) is 1. The Balaban J connectivity index is 1.87. The molecule has 0 bridgehead atoms. The van der Waals surface area contributed by atoms with Gasteiger partial charge in [-0.15, -0.1) is 0 Å². The fourth-order valence-corrected chi connectivity index (χ4v) is 2.90. The second-order valence-electron chi connectivity index (χ2n) is 7.05. The number of aromatic nitrogens is 3. The first-order valence-corrected chi connectivity index (χ1v) is 8.14. The van der Waals surface area contributed by atoms with Crippen LogP contribution in [0, 0.1) is 18.3 Å². The molecule has 2 aromatic heterocycles. The molecule has 1 aromatic carbocycles. The fourth-order valence-electron chi connectivity index (χ4n) is 2.90. The molecule has 0 atom stereocenters. The van der Waals surface area contributed by atoms with Gasteiger partial charge in [0.15, 0.2) is 0 Å². The number of imidazole rings is 1. The van der Waals surface area contributed by atoms with Crippen LogP contribution in [0.1, 0.15) is 32.2 Å². The van der Waals surface area contributed by atoms with Gasteiger partial charge in [-0.1, -0.05) is 12.1 Å². The maximum Gasteiger partial charge on any atom is 0.245 e. The second-order valence-corrected chi connectivity index (χ2v) is 7.05. The first kappa shape index (κ1) is 16.8. The molecule has 25 heavy (non-hydrogen) atoms. The molecule has 0 saturated carbocycles. The lowest BCUT2D eigenvalue weighted by Gasteiger charge is -2.24. The molecule has 0 aliphatic carbocycles. The lowest BCUT2D eigenvalue weighted by Crippen LogP contribution is -2.26. The van der Waals surface area contributed by atoms with Gasteiger partial charge in [0.2, 0.25) is 5.91 Å². The van der Waals surface area contributed by atoms with Crippen LogP contribution in [0.25, 0.3) is 11.0 Å². The van der Waals surface area contributed by atoms with Crippen molar-refractivity contribution in [3.8, 4) is 6.07 Å². The summed E-state index contributed by atoms with van der Waals surface area (Å²) in [6, 6.07) is 11.6. The normalized spacial score (nSPS) is 11.5. The van der Waals surface area contributed by atoms with Crippen LogP contribution < -0.4 is 5.32 Å². The van der Waals surface area contributed by atoms with Crippen LogP contribution in [0.5, 0.6) is 0 Å². The second kappa shape index (κ2) is 6.10. The number of para-hydroxylation sites is 2. The number of nitriles is 1.